The van der Waals surface area contributed by atoms with Gasteiger partial charge in [0.05, 0.1) is 26.4 Å². The van der Waals surface area contributed by atoms with E-state index in [0.717, 1.165) is 128 Å². The summed E-state index contributed by atoms with van der Waals surface area (Å²) in [6.07, 6.45) is 69.0. The van der Waals surface area contributed by atoms with Crippen molar-refractivity contribution < 1.29 is 80.2 Å². The molecule has 0 amide bonds. The lowest BCUT2D eigenvalue weighted by Gasteiger charge is -2.21. The van der Waals surface area contributed by atoms with Crippen LogP contribution in [0.4, 0.5) is 0 Å². The molecule has 0 aliphatic carbocycles. The molecule has 96 heavy (non-hydrogen) atoms. The van der Waals surface area contributed by atoms with Crippen molar-refractivity contribution in [2.45, 2.75) is 354 Å². The molecule has 0 saturated carbocycles. The van der Waals surface area contributed by atoms with Crippen molar-refractivity contribution in [3.8, 4) is 0 Å². The first-order chi connectivity index (χ1) is 46.7. The molecule has 0 rings (SSSR count). The first kappa shape index (κ1) is 92.5. The number of phosphoric ester groups is 2. The molecule has 17 nitrogen and oxygen atoms in total. The van der Waals surface area contributed by atoms with Crippen LogP contribution in [0.25, 0.3) is 0 Å². The Morgan fingerprint density at radius 3 is 0.865 bits per heavy atom. The Labute approximate surface area is 583 Å². The number of carbonyl (C=O) groups excluding carboxylic acids is 4. The maximum Gasteiger partial charge on any atom is 0.472 e. The molecule has 3 N–H and O–H groups in total. The summed E-state index contributed by atoms with van der Waals surface area (Å²) >= 11 is 0. The van der Waals surface area contributed by atoms with Crippen molar-refractivity contribution in [1.82, 2.24) is 0 Å². The van der Waals surface area contributed by atoms with Gasteiger partial charge in [-0.2, -0.15) is 0 Å². The standard InChI is InChI=1S/C77H138O17P2/c1-5-9-13-17-21-25-29-33-34-35-36-40-42-46-50-54-58-62-75(80)88-68-73(94-77(82)64-60-56-52-48-44-39-32-28-24-20-16-12-8-4)70-92-96(85,86)90-66-71(78)65-89-95(83,84)91-69-72(93-76(81)63-59-55-51-47-43-38-31-27-23-19-15-11-7-3)67-87-74(79)61-57-53-49-45-41-37-30-26-22-18-14-10-6-2/h21,25-27,30-31,33-34,36,40,46,50,71-73,78H,5-20,22-24,28-29,32,35,37-39,41-45,47-49,51-70H2,1-4H3,(H,83,84)(H,85,86)/b25-21-,30-26-,31-27-,34-33-,40-36-,50-46-/t71-,72-,73-/m1/s1. The van der Waals surface area contributed by atoms with Gasteiger partial charge in [-0.25, -0.2) is 9.13 Å². The molecule has 5 atom stereocenters. The first-order valence-electron chi connectivity index (χ1n) is 38.2. The fraction of sp³-hybridized carbons (Fsp3) is 0.792. The minimum Gasteiger partial charge on any atom is -0.462 e. The highest BCUT2D eigenvalue weighted by atomic mass is 31.2. The molecule has 0 aromatic carbocycles. The van der Waals surface area contributed by atoms with Crippen LogP contribution in [0.2, 0.25) is 0 Å². The van der Waals surface area contributed by atoms with Crippen LogP contribution in [-0.4, -0.2) is 96.7 Å². The van der Waals surface area contributed by atoms with E-state index in [1.165, 1.54) is 122 Å². The second-order valence-electron chi connectivity index (χ2n) is 25.6. The van der Waals surface area contributed by atoms with Crippen LogP contribution in [0.15, 0.2) is 72.9 Å². The van der Waals surface area contributed by atoms with Crippen LogP contribution in [0, 0.1) is 0 Å². The van der Waals surface area contributed by atoms with Gasteiger partial charge in [0, 0.05) is 25.7 Å². The first-order valence-corrected chi connectivity index (χ1v) is 41.2. The molecule has 0 aromatic heterocycles. The van der Waals surface area contributed by atoms with E-state index in [1.54, 1.807) is 0 Å². The van der Waals surface area contributed by atoms with Crippen LogP contribution in [-0.2, 0) is 65.4 Å². The van der Waals surface area contributed by atoms with Crippen LogP contribution in [0.5, 0.6) is 0 Å². The minimum absolute atomic E-state index is 0.0852. The molecule has 0 aromatic rings. The Morgan fingerprint density at radius 1 is 0.292 bits per heavy atom. The minimum atomic E-state index is -4.98. The smallest absolute Gasteiger partial charge is 0.462 e. The average Bonchev–Trinajstić information content (AvgIpc) is 3.12. The van der Waals surface area contributed by atoms with Gasteiger partial charge in [-0.15, -0.1) is 0 Å². The van der Waals surface area contributed by atoms with Gasteiger partial charge in [-0.05, 0) is 116 Å². The molecule has 19 heteroatoms. The zero-order chi connectivity index (χ0) is 70.4. The molecular formula is C77H138O17P2. The van der Waals surface area contributed by atoms with E-state index in [-0.39, 0.29) is 25.7 Å². The van der Waals surface area contributed by atoms with Gasteiger partial charge < -0.3 is 33.8 Å². The molecule has 0 saturated heterocycles. The van der Waals surface area contributed by atoms with Gasteiger partial charge in [0.15, 0.2) is 12.2 Å². The van der Waals surface area contributed by atoms with E-state index in [1.807, 2.05) is 12.2 Å². The van der Waals surface area contributed by atoms with Crippen molar-refractivity contribution in [3.63, 3.8) is 0 Å². The van der Waals surface area contributed by atoms with E-state index < -0.39 is 97.5 Å². The van der Waals surface area contributed by atoms with Gasteiger partial charge in [-0.1, -0.05) is 268 Å². The summed E-state index contributed by atoms with van der Waals surface area (Å²) in [6.45, 7) is 4.77. The van der Waals surface area contributed by atoms with E-state index >= 15 is 0 Å². The summed E-state index contributed by atoms with van der Waals surface area (Å²) in [5.41, 5.74) is 0. The van der Waals surface area contributed by atoms with Crippen molar-refractivity contribution in [2.75, 3.05) is 39.6 Å². The molecule has 0 bridgehead atoms. The van der Waals surface area contributed by atoms with Crippen LogP contribution in [0.1, 0.15) is 336 Å². The Hall–Kier alpha value is -3.50. The third kappa shape index (κ3) is 69.0. The number of rotatable bonds is 72. The Morgan fingerprint density at radius 2 is 0.521 bits per heavy atom. The van der Waals surface area contributed by atoms with Crippen molar-refractivity contribution in [3.05, 3.63) is 72.9 Å². The second-order valence-corrected chi connectivity index (χ2v) is 28.5. The number of carbonyl (C=O) groups is 4. The summed E-state index contributed by atoms with van der Waals surface area (Å²) in [5.74, 6) is -2.24. The molecule has 0 aliphatic rings. The number of unbranched alkanes of at least 4 members (excludes halogenated alkanes) is 34. The molecule has 0 heterocycles. The summed E-state index contributed by atoms with van der Waals surface area (Å²) in [5, 5.41) is 10.6. The van der Waals surface area contributed by atoms with Crippen LogP contribution < -0.4 is 0 Å². The zero-order valence-electron chi connectivity index (χ0n) is 60.8. The number of aliphatic hydroxyl groups is 1. The largest absolute Gasteiger partial charge is 0.472 e. The molecule has 558 valence electrons. The van der Waals surface area contributed by atoms with Crippen molar-refractivity contribution in [2.24, 2.45) is 0 Å². The van der Waals surface area contributed by atoms with E-state index in [0.29, 0.717) is 32.1 Å². The zero-order valence-corrected chi connectivity index (χ0v) is 62.6. The highest BCUT2D eigenvalue weighted by Crippen LogP contribution is 2.45. The number of phosphoric acid groups is 2. The SMILES string of the molecule is CCCCC/C=C\C/C=C\C/C=C\C/C=C\CCCC(=O)OC[C@H](COP(=O)(O)OC[C@H](O)COP(=O)(O)OC[C@@H](COC(=O)CCCCCCC/C=C\CCCCCC)OC(=O)CCCCCCC/C=C\CCCCCC)OC(=O)CCCCCCCCCCCCCCC. The van der Waals surface area contributed by atoms with Gasteiger partial charge in [0.25, 0.3) is 0 Å². The van der Waals surface area contributed by atoms with Crippen molar-refractivity contribution >= 4 is 39.5 Å². The molecule has 0 aliphatic heterocycles. The quantitative estimate of drug-likeness (QED) is 0.0169. The predicted molar refractivity (Wildman–Crippen MR) is 390 cm³/mol. The summed E-state index contributed by atoms with van der Waals surface area (Å²) in [7, 11) is -9.95. The third-order valence-corrected chi connectivity index (χ3v) is 18.0. The van der Waals surface area contributed by atoms with Crippen LogP contribution >= 0.6 is 15.6 Å². The van der Waals surface area contributed by atoms with Gasteiger partial charge >= 0.3 is 39.5 Å². The number of esters is 4. The fourth-order valence-corrected chi connectivity index (χ4v) is 11.8. The Kier molecular flexibility index (Phi) is 67.4. The molecular weight excluding hydrogens is 1260 g/mol. The lowest BCUT2D eigenvalue weighted by atomic mass is 10.0. The molecule has 2 unspecified atom stereocenters. The number of hydrogen-bond acceptors (Lipinski definition) is 15. The summed E-state index contributed by atoms with van der Waals surface area (Å²) in [6, 6.07) is 0. The number of aliphatic hydroxyl groups excluding tert-OH is 1. The number of ether oxygens (including phenoxy) is 4. The maximum atomic E-state index is 13.1. The fourth-order valence-electron chi connectivity index (χ4n) is 10.3. The highest BCUT2D eigenvalue weighted by molar-refractivity contribution is 7.47. The number of allylic oxidation sites excluding steroid dienone is 12. The lowest BCUT2D eigenvalue weighted by Crippen LogP contribution is -2.30. The summed E-state index contributed by atoms with van der Waals surface area (Å²) < 4.78 is 68.4. The monoisotopic (exact) mass is 1400 g/mol. The molecule has 0 spiro atoms. The second kappa shape index (κ2) is 70.0. The Bertz CT molecular complexity index is 2110. The topological polar surface area (TPSA) is 237 Å². The van der Waals surface area contributed by atoms with Crippen LogP contribution in [0.3, 0.4) is 0 Å². The maximum absolute atomic E-state index is 13.1. The lowest BCUT2D eigenvalue weighted by molar-refractivity contribution is -0.161. The van der Waals surface area contributed by atoms with Gasteiger partial charge in [0.1, 0.15) is 19.3 Å². The van der Waals surface area contributed by atoms with Gasteiger partial charge in [-0.3, -0.25) is 37.3 Å². The van der Waals surface area contributed by atoms with Gasteiger partial charge in [0.2, 0.25) is 0 Å². The average molecular weight is 1400 g/mol. The summed E-state index contributed by atoms with van der Waals surface area (Å²) in [4.78, 5) is 72.7. The van der Waals surface area contributed by atoms with E-state index in [9.17, 15) is 43.2 Å². The number of hydrogen-bond donors (Lipinski definition) is 3. The molecule has 0 radical (unpaired) electrons. The Balaban J connectivity index is 5.37. The molecule has 0 fully saturated rings. The normalized spacial score (nSPS) is 14.4. The van der Waals surface area contributed by atoms with E-state index in [4.69, 9.17) is 37.0 Å². The van der Waals surface area contributed by atoms with Crippen molar-refractivity contribution in [1.29, 1.82) is 0 Å². The predicted octanol–water partition coefficient (Wildman–Crippen LogP) is 21.7. The van der Waals surface area contributed by atoms with E-state index in [2.05, 4.69) is 88.5 Å². The highest BCUT2D eigenvalue weighted by Gasteiger charge is 2.30. The third-order valence-electron chi connectivity index (χ3n) is 16.1.